The first-order valence-corrected chi connectivity index (χ1v) is 11.5. The van der Waals surface area contributed by atoms with Gasteiger partial charge in [-0.25, -0.2) is 9.97 Å². The fraction of sp³-hybridized carbons (Fsp3) is 0.308. The van der Waals surface area contributed by atoms with E-state index in [1.165, 1.54) is 16.7 Å². The smallest absolute Gasteiger partial charge is 0.137 e. The number of pyridine rings is 1. The number of hydrogen-bond donors (Lipinski definition) is 1. The number of rotatable bonds is 4. The normalized spacial score (nSPS) is 16.7. The van der Waals surface area contributed by atoms with Crippen molar-refractivity contribution in [1.82, 2.24) is 29.6 Å². The van der Waals surface area contributed by atoms with Gasteiger partial charge in [-0.3, -0.25) is 9.67 Å². The quantitative estimate of drug-likeness (QED) is 0.522. The van der Waals surface area contributed by atoms with Crippen molar-refractivity contribution in [3.05, 3.63) is 72.1 Å². The Hall–Kier alpha value is -3.58. The Kier molecular flexibility index (Phi) is 4.91. The topological polar surface area (TPSA) is 71.8 Å². The summed E-state index contributed by atoms with van der Waals surface area (Å²) in [7, 11) is 4.12. The van der Waals surface area contributed by atoms with E-state index in [0.717, 1.165) is 65.9 Å². The Bertz CT molecular complexity index is 1360. The molecule has 1 N–H and O–H groups in total. The SMILES string of the molecule is CN1CCC(Nc2ncnc3ccc(C4=CCc5ncc(-c6cnn(C)c6)cc54)cc23)CC1. The van der Waals surface area contributed by atoms with Crippen LogP contribution in [0.1, 0.15) is 29.7 Å². The van der Waals surface area contributed by atoms with E-state index in [1.807, 2.05) is 30.3 Å². The van der Waals surface area contributed by atoms with Crippen LogP contribution in [0.25, 0.3) is 27.6 Å². The Labute approximate surface area is 193 Å². The monoisotopic (exact) mass is 437 g/mol. The molecular weight excluding hydrogens is 410 g/mol. The molecule has 1 aliphatic carbocycles. The molecule has 0 spiro atoms. The van der Waals surface area contributed by atoms with Crippen LogP contribution in [-0.2, 0) is 13.5 Å². The zero-order valence-electron chi connectivity index (χ0n) is 19.0. The molecule has 0 bridgehead atoms. The number of nitrogens with zero attached hydrogens (tertiary/aromatic N) is 6. The highest BCUT2D eigenvalue weighted by molar-refractivity contribution is 5.95. The van der Waals surface area contributed by atoms with Gasteiger partial charge in [-0.2, -0.15) is 5.10 Å². The molecule has 33 heavy (non-hydrogen) atoms. The summed E-state index contributed by atoms with van der Waals surface area (Å²) in [5.41, 5.74) is 7.83. The molecule has 0 radical (unpaired) electrons. The van der Waals surface area contributed by atoms with Gasteiger partial charge in [-0.15, -0.1) is 0 Å². The van der Waals surface area contributed by atoms with Gasteiger partial charge in [0.2, 0.25) is 0 Å². The summed E-state index contributed by atoms with van der Waals surface area (Å²) in [6, 6.07) is 9.17. The first-order chi connectivity index (χ1) is 16.1. The first kappa shape index (κ1) is 20.1. The number of allylic oxidation sites excluding steroid dienone is 1. The van der Waals surface area contributed by atoms with E-state index >= 15 is 0 Å². The van der Waals surface area contributed by atoms with Gasteiger partial charge in [0.25, 0.3) is 0 Å². The third-order valence-electron chi connectivity index (χ3n) is 6.80. The Morgan fingerprint density at radius 2 is 1.82 bits per heavy atom. The molecule has 0 amide bonds. The van der Waals surface area contributed by atoms with Crippen LogP contribution in [0.4, 0.5) is 5.82 Å². The van der Waals surface area contributed by atoms with Gasteiger partial charge in [0.1, 0.15) is 12.1 Å². The van der Waals surface area contributed by atoms with E-state index in [4.69, 9.17) is 4.98 Å². The lowest BCUT2D eigenvalue weighted by atomic mass is 9.97. The van der Waals surface area contributed by atoms with Crippen molar-refractivity contribution in [3.63, 3.8) is 0 Å². The third-order valence-corrected chi connectivity index (χ3v) is 6.80. The molecule has 2 aliphatic rings. The van der Waals surface area contributed by atoms with E-state index in [0.29, 0.717) is 6.04 Å². The number of anilines is 1. The van der Waals surface area contributed by atoms with E-state index < -0.39 is 0 Å². The molecule has 0 atom stereocenters. The maximum Gasteiger partial charge on any atom is 0.137 e. The van der Waals surface area contributed by atoms with Crippen molar-refractivity contribution < 1.29 is 0 Å². The number of nitrogens with one attached hydrogen (secondary N) is 1. The molecule has 0 unspecified atom stereocenters. The number of aryl methyl sites for hydroxylation is 1. The van der Waals surface area contributed by atoms with Crippen LogP contribution < -0.4 is 5.32 Å². The number of likely N-dealkylation sites (tertiary alicyclic amines) is 1. The average molecular weight is 438 g/mol. The molecule has 4 heterocycles. The van der Waals surface area contributed by atoms with Crippen molar-refractivity contribution in [2.75, 3.05) is 25.5 Å². The Balaban J connectivity index is 1.35. The van der Waals surface area contributed by atoms with Crippen LogP contribution in [0, 0.1) is 0 Å². The predicted molar refractivity (Wildman–Crippen MR) is 131 cm³/mol. The van der Waals surface area contributed by atoms with Crippen molar-refractivity contribution >= 4 is 22.3 Å². The summed E-state index contributed by atoms with van der Waals surface area (Å²) in [5.74, 6) is 0.928. The van der Waals surface area contributed by atoms with Crippen LogP contribution in [0.15, 0.2) is 55.3 Å². The predicted octanol–water partition coefficient (Wildman–Crippen LogP) is 3.92. The number of fused-ring (bicyclic) bond motifs is 2. The molecule has 166 valence electrons. The minimum absolute atomic E-state index is 0.445. The molecule has 1 aliphatic heterocycles. The highest BCUT2D eigenvalue weighted by atomic mass is 15.2. The molecule has 1 saturated heterocycles. The van der Waals surface area contributed by atoms with Crippen LogP contribution >= 0.6 is 0 Å². The number of hydrogen-bond acceptors (Lipinski definition) is 6. The zero-order valence-corrected chi connectivity index (χ0v) is 19.0. The van der Waals surface area contributed by atoms with Gasteiger partial charge in [0.15, 0.2) is 0 Å². The molecular formula is C26H27N7. The summed E-state index contributed by atoms with van der Waals surface area (Å²) in [6.07, 6.45) is 12.9. The Morgan fingerprint density at radius 3 is 2.64 bits per heavy atom. The lowest BCUT2D eigenvalue weighted by Crippen LogP contribution is -2.36. The molecule has 1 fully saturated rings. The van der Waals surface area contributed by atoms with Crippen LogP contribution in [0.5, 0.6) is 0 Å². The van der Waals surface area contributed by atoms with Crippen LogP contribution in [0.2, 0.25) is 0 Å². The second-order valence-electron chi connectivity index (χ2n) is 9.12. The standard InChI is InChI=1S/C26H27N7/c1-32-9-7-20(8-10-32)31-26-23-11-17(3-5-25(23)28-16-29-26)21-4-6-24-22(21)12-18(13-27-24)19-14-30-33(2)15-19/h3-5,11-16,20H,6-10H2,1-2H3,(H,28,29,31). The van der Waals surface area contributed by atoms with Gasteiger partial charge in [-0.05, 0) is 62.3 Å². The van der Waals surface area contributed by atoms with Gasteiger partial charge in [0, 0.05) is 54.0 Å². The Morgan fingerprint density at radius 1 is 0.939 bits per heavy atom. The highest BCUT2D eigenvalue weighted by Crippen LogP contribution is 2.36. The molecule has 1 aromatic carbocycles. The molecule has 7 heteroatoms. The van der Waals surface area contributed by atoms with Crippen LogP contribution in [-0.4, -0.2) is 55.8 Å². The lowest BCUT2D eigenvalue weighted by Gasteiger charge is -2.30. The van der Waals surface area contributed by atoms with Crippen molar-refractivity contribution in [1.29, 1.82) is 0 Å². The maximum atomic E-state index is 4.75. The van der Waals surface area contributed by atoms with Gasteiger partial charge >= 0.3 is 0 Å². The molecule has 0 saturated carbocycles. The van der Waals surface area contributed by atoms with E-state index in [2.05, 4.69) is 62.7 Å². The van der Waals surface area contributed by atoms with Gasteiger partial charge in [0.05, 0.1) is 17.4 Å². The third kappa shape index (κ3) is 3.78. The van der Waals surface area contributed by atoms with Crippen molar-refractivity contribution in [2.24, 2.45) is 7.05 Å². The fourth-order valence-electron chi connectivity index (χ4n) is 4.88. The zero-order chi connectivity index (χ0) is 22.4. The molecule has 7 nitrogen and oxygen atoms in total. The van der Waals surface area contributed by atoms with E-state index in [1.54, 1.807) is 6.33 Å². The summed E-state index contributed by atoms with van der Waals surface area (Å²) in [6.45, 7) is 2.23. The van der Waals surface area contributed by atoms with Crippen molar-refractivity contribution in [2.45, 2.75) is 25.3 Å². The van der Waals surface area contributed by atoms with Gasteiger partial charge < -0.3 is 10.2 Å². The minimum atomic E-state index is 0.445. The summed E-state index contributed by atoms with van der Waals surface area (Å²) >= 11 is 0. The largest absolute Gasteiger partial charge is 0.367 e. The molecule has 3 aromatic heterocycles. The summed E-state index contributed by atoms with van der Waals surface area (Å²) < 4.78 is 1.82. The average Bonchev–Trinajstić information content (AvgIpc) is 3.46. The molecule has 4 aromatic rings. The highest BCUT2D eigenvalue weighted by Gasteiger charge is 2.21. The van der Waals surface area contributed by atoms with Crippen LogP contribution in [0.3, 0.4) is 0 Å². The number of piperidine rings is 1. The van der Waals surface area contributed by atoms with Gasteiger partial charge in [-0.1, -0.05) is 12.1 Å². The summed E-state index contributed by atoms with van der Waals surface area (Å²) in [4.78, 5) is 16.3. The van der Waals surface area contributed by atoms with Crippen molar-refractivity contribution in [3.8, 4) is 11.1 Å². The summed E-state index contributed by atoms with van der Waals surface area (Å²) in [5, 5.41) is 9.07. The number of aromatic nitrogens is 5. The van der Waals surface area contributed by atoms with E-state index in [9.17, 15) is 0 Å². The lowest BCUT2D eigenvalue weighted by molar-refractivity contribution is 0.264. The first-order valence-electron chi connectivity index (χ1n) is 11.5. The fourth-order valence-corrected chi connectivity index (χ4v) is 4.88. The second-order valence-corrected chi connectivity index (χ2v) is 9.12. The minimum Gasteiger partial charge on any atom is -0.367 e. The molecule has 6 rings (SSSR count). The maximum absolute atomic E-state index is 4.75. The second kappa shape index (κ2) is 8.08. The van der Waals surface area contributed by atoms with E-state index in [-0.39, 0.29) is 0 Å². The number of benzene rings is 1.